The lowest BCUT2D eigenvalue weighted by Gasteiger charge is -2.35. The Hall–Kier alpha value is -0.410. The topological polar surface area (TPSA) is 12.9 Å². The third-order valence-electron chi connectivity index (χ3n) is 2.35. The van der Waals surface area contributed by atoms with Gasteiger partial charge in [0.05, 0.1) is 0 Å². The summed E-state index contributed by atoms with van der Waals surface area (Å²) in [6.45, 7) is 0. The van der Waals surface area contributed by atoms with E-state index in [0.29, 0.717) is 0 Å². The van der Waals surface area contributed by atoms with Gasteiger partial charge in [0, 0.05) is 12.8 Å². The molecule has 1 aromatic rings. The molecule has 1 aliphatic carbocycles. The molecular weight excluding hydrogens is 231 g/mol. The highest BCUT2D eigenvalue weighted by molar-refractivity contribution is 6.32. The summed E-state index contributed by atoms with van der Waals surface area (Å²) in [5, 5.41) is 0.505. The van der Waals surface area contributed by atoms with E-state index in [0.717, 1.165) is 5.56 Å². The van der Waals surface area contributed by atoms with Crippen LogP contribution in [0.1, 0.15) is 24.3 Å². The molecule has 0 radical (unpaired) electrons. The fourth-order valence-electron chi connectivity index (χ4n) is 1.62. The average Bonchev–Trinajstić information content (AvgIpc) is 1.97. The second-order valence-electron chi connectivity index (χ2n) is 3.51. The standard InChI is InChI=1S/C9H7Cl2F2N/c10-7-1-5(2-8(11)14-7)6-3-9(12,13)4-6/h1-2,6H,3-4H2. The number of hydrogen-bond acceptors (Lipinski definition) is 1. The predicted octanol–water partition coefficient (Wildman–Crippen LogP) is 3.90. The number of aromatic nitrogens is 1. The maximum Gasteiger partial charge on any atom is 0.249 e. The Morgan fingerprint density at radius 3 is 2.14 bits per heavy atom. The van der Waals surface area contributed by atoms with Gasteiger partial charge in [0.25, 0.3) is 0 Å². The number of nitrogens with zero attached hydrogens (tertiary/aromatic N) is 1. The van der Waals surface area contributed by atoms with Crippen LogP contribution in [0.15, 0.2) is 12.1 Å². The van der Waals surface area contributed by atoms with Crippen LogP contribution in [0.5, 0.6) is 0 Å². The molecule has 14 heavy (non-hydrogen) atoms. The summed E-state index contributed by atoms with van der Waals surface area (Å²) in [5.74, 6) is -2.66. The summed E-state index contributed by atoms with van der Waals surface area (Å²) in [7, 11) is 0. The Labute approximate surface area is 90.0 Å². The number of pyridine rings is 1. The maximum absolute atomic E-state index is 12.6. The molecule has 0 atom stereocenters. The molecule has 1 saturated carbocycles. The zero-order valence-electron chi connectivity index (χ0n) is 7.11. The van der Waals surface area contributed by atoms with Crippen LogP contribution in [0, 0.1) is 0 Å². The average molecular weight is 238 g/mol. The second kappa shape index (κ2) is 3.31. The van der Waals surface area contributed by atoms with Gasteiger partial charge in [-0.25, -0.2) is 13.8 Å². The Morgan fingerprint density at radius 1 is 1.21 bits per heavy atom. The summed E-state index contributed by atoms with van der Waals surface area (Å²) in [6, 6.07) is 3.18. The third-order valence-corrected chi connectivity index (χ3v) is 2.73. The molecule has 0 aliphatic heterocycles. The van der Waals surface area contributed by atoms with Crippen molar-refractivity contribution in [2.75, 3.05) is 0 Å². The van der Waals surface area contributed by atoms with Crippen molar-refractivity contribution in [2.45, 2.75) is 24.7 Å². The molecule has 1 fully saturated rings. The van der Waals surface area contributed by atoms with Crippen molar-refractivity contribution < 1.29 is 8.78 Å². The molecule has 2 rings (SSSR count). The summed E-state index contributed by atoms with van der Waals surface area (Å²) < 4.78 is 25.2. The van der Waals surface area contributed by atoms with Gasteiger partial charge in [-0.05, 0) is 23.6 Å². The summed E-state index contributed by atoms with van der Waals surface area (Å²) >= 11 is 11.3. The highest BCUT2D eigenvalue weighted by Crippen LogP contribution is 2.48. The first-order valence-electron chi connectivity index (χ1n) is 4.17. The van der Waals surface area contributed by atoms with E-state index in [-0.39, 0.29) is 29.1 Å². The maximum atomic E-state index is 12.6. The van der Waals surface area contributed by atoms with Crippen LogP contribution in [0.25, 0.3) is 0 Å². The monoisotopic (exact) mass is 237 g/mol. The van der Waals surface area contributed by atoms with Crippen LogP contribution >= 0.6 is 23.2 Å². The van der Waals surface area contributed by atoms with E-state index in [9.17, 15) is 8.78 Å². The zero-order chi connectivity index (χ0) is 10.3. The van der Waals surface area contributed by atoms with E-state index >= 15 is 0 Å². The van der Waals surface area contributed by atoms with Gasteiger partial charge in [0.2, 0.25) is 5.92 Å². The molecule has 1 aliphatic rings. The van der Waals surface area contributed by atoms with Crippen LogP contribution in [0.2, 0.25) is 10.3 Å². The van der Waals surface area contributed by atoms with Crippen molar-refractivity contribution in [1.82, 2.24) is 4.98 Å². The first kappa shape index (κ1) is 10.1. The van der Waals surface area contributed by atoms with Crippen molar-refractivity contribution in [1.29, 1.82) is 0 Å². The van der Waals surface area contributed by atoms with Crippen molar-refractivity contribution in [3.8, 4) is 0 Å². The highest BCUT2D eigenvalue weighted by atomic mass is 35.5. The lowest BCUT2D eigenvalue weighted by atomic mass is 9.77. The third kappa shape index (κ3) is 1.98. The van der Waals surface area contributed by atoms with Crippen molar-refractivity contribution >= 4 is 23.2 Å². The first-order chi connectivity index (χ1) is 6.46. The van der Waals surface area contributed by atoms with E-state index in [4.69, 9.17) is 23.2 Å². The van der Waals surface area contributed by atoms with Crippen LogP contribution in [0.4, 0.5) is 8.78 Å². The lowest BCUT2D eigenvalue weighted by molar-refractivity contribution is -0.0867. The number of alkyl halides is 2. The Balaban J connectivity index is 2.18. The normalized spacial score (nSPS) is 20.6. The van der Waals surface area contributed by atoms with Crippen molar-refractivity contribution in [3.05, 3.63) is 28.0 Å². The van der Waals surface area contributed by atoms with Crippen LogP contribution < -0.4 is 0 Å². The van der Waals surface area contributed by atoms with E-state index in [2.05, 4.69) is 4.98 Å². The number of halogens is 4. The lowest BCUT2D eigenvalue weighted by Crippen LogP contribution is -2.33. The molecule has 0 bridgehead atoms. The minimum Gasteiger partial charge on any atom is -0.224 e. The first-order valence-corrected chi connectivity index (χ1v) is 4.93. The molecule has 1 nitrogen and oxygen atoms in total. The molecule has 76 valence electrons. The summed E-state index contributed by atoms with van der Waals surface area (Å²) in [6.07, 6.45) is -0.243. The molecular formula is C9H7Cl2F2N. The van der Waals surface area contributed by atoms with Gasteiger partial charge in [-0.1, -0.05) is 23.2 Å². The Morgan fingerprint density at radius 2 is 1.71 bits per heavy atom. The van der Waals surface area contributed by atoms with Gasteiger partial charge in [-0.3, -0.25) is 0 Å². The highest BCUT2D eigenvalue weighted by Gasteiger charge is 2.45. The van der Waals surface area contributed by atoms with Gasteiger partial charge < -0.3 is 0 Å². The van der Waals surface area contributed by atoms with Crippen molar-refractivity contribution in [3.63, 3.8) is 0 Å². The van der Waals surface area contributed by atoms with Crippen LogP contribution in [-0.4, -0.2) is 10.9 Å². The number of hydrogen-bond donors (Lipinski definition) is 0. The number of rotatable bonds is 1. The van der Waals surface area contributed by atoms with Crippen LogP contribution in [0.3, 0.4) is 0 Å². The minimum absolute atomic E-state index is 0.121. The quantitative estimate of drug-likeness (QED) is 0.676. The van der Waals surface area contributed by atoms with Crippen molar-refractivity contribution in [2.24, 2.45) is 0 Å². The molecule has 1 aromatic heterocycles. The van der Waals surface area contributed by atoms with Gasteiger partial charge in [-0.15, -0.1) is 0 Å². The van der Waals surface area contributed by atoms with E-state index in [1.165, 1.54) is 0 Å². The Kier molecular flexibility index (Phi) is 2.40. The van der Waals surface area contributed by atoms with E-state index in [1.54, 1.807) is 12.1 Å². The zero-order valence-corrected chi connectivity index (χ0v) is 8.62. The minimum atomic E-state index is -2.52. The molecule has 0 aromatic carbocycles. The summed E-state index contributed by atoms with van der Waals surface area (Å²) in [4.78, 5) is 3.75. The molecule has 0 amide bonds. The smallest absolute Gasteiger partial charge is 0.224 e. The molecule has 0 N–H and O–H groups in total. The van der Waals surface area contributed by atoms with Gasteiger partial charge in [0.1, 0.15) is 10.3 Å². The molecule has 5 heteroatoms. The molecule has 1 heterocycles. The van der Waals surface area contributed by atoms with Crippen LogP contribution in [-0.2, 0) is 0 Å². The molecule has 0 unspecified atom stereocenters. The molecule has 0 saturated heterocycles. The van der Waals surface area contributed by atoms with Gasteiger partial charge in [-0.2, -0.15) is 0 Å². The summed E-state index contributed by atoms with van der Waals surface area (Å²) in [5.41, 5.74) is 0.751. The molecule has 0 spiro atoms. The SMILES string of the molecule is FC1(F)CC(c2cc(Cl)nc(Cl)c2)C1. The van der Waals surface area contributed by atoms with Gasteiger partial charge in [0.15, 0.2) is 0 Å². The second-order valence-corrected chi connectivity index (χ2v) is 4.28. The van der Waals surface area contributed by atoms with E-state index in [1.807, 2.05) is 0 Å². The predicted molar refractivity (Wildman–Crippen MR) is 51.2 cm³/mol. The largest absolute Gasteiger partial charge is 0.249 e. The Bertz CT molecular complexity index is 340. The van der Waals surface area contributed by atoms with E-state index < -0.39 is 5.92 Å². The fraction of sp³-hybridized carbons (Fsp3) is 0.444. The fourth-order valence-corrected chi connectivity index (χ4v) is 2.09. The van der Waals surface area contributed by atoms with Gasteiger partial charge >= 0.3 is 0 Å².